The Kier molecular flexibility index (Phi) is 7.49. The molecule has 1 saturated carbocycles. The van der Waals surface area contributed by atoms with Gasteiger partial charge in [0.25, 0.3) is 5.91 Å². The number of anilines is 1. The topological polar surface area (TPSA) is 90.5 Å². The molecule has 4 amide bonds. The molecule has 0 unspecified atom stereocenters. The third kappa shape index (κ3) is 6.48. The monoisotopic (exact) mass is 400 g/mol. The smallest absolute Gasteiger partial charge is 0.319 e. The van der Waals surface area contributed by atoms with Crippen LogP contribution in [-0.4, -0.2) is 48.4 Å². The first-order valence-corrected chi connectivity index (χ1v) is 10.8. The van der Waals surface area contributed by atoms with Crippen LogP contribution in [0.1, 0.15) is 62.2 Å². The van der Waals surface area contributed by atoms with Gasteiger partial charge < -0.3 is 20.9 Å². The summed E-state index contributed by atoms with van der Waals surface area (Å²) in [4.78, 5) is 38.6. The molecule has 0 aromatic heterocycles. The van der Waals surface area contributed by atoms with Gasteiger partial charge in [-0.2, -0.15) is 0 Å². The molecule has 0 radical (unpaired) electrons. The predicted molar refractivity (Wildman–Crippen MR) is 113 cm³/mol. The van der Waals surface area contributed by atoms with E-state index in [1.54, 1.807) is 24.3 Å². The molecule has 1 aliphatic heterocycles. The number of benzene rings is 1. The molecular formula is C22H32N4O3. The van der Waals surface area contributed by atoms with E-state index in [0.717, 1.165) is 38.6 Å². The first-order chi connectivity index (χ1) is 14.1. The van der Waals surface area contributed by atoms with Crippen LogP contribution in [0.5, 0.6) is 0 Å². The third-order valence-corrected chi connectivity index (χ3v) is 5.53. The summed E-state index contributed by atoms with van der Waals surface area (Å²) in [6.07, 6.45) is 6.77. The van der Waals surface area contributed by atoms with Gasteiger partial charge in [-0.1, -0.05) is 19.8 Å². The Morgan fingerprint density at radius 2 is 1.69 bits per heavy atom. The van der Waals surface area contributed by atoms with Crippen molar-refractivity contribution >= 4 is 23.5 Å². The summed E-state index contributed by atoms with van der Waals surface area (Å²) in [6, 6.07) is 7.06. The number of hydrogen-bond donors (Lipinski definition) is 3. The summed E-state index contributed by atoms with van der Waals surface area (Å²) in [5.41, 5.74) is 1.26. The number of amides is 4. The molecule has 3 rings (SSSR count). The lowest BCUT2D eigenvalue weighted by molar-refractivity contribution is -0.126. The number of nitrogens with one attached hydrogen (secondary N) is 3. The van der Waals surface area contributed by atoms with Crippen molar-refractivity contribution in [1.29, 1.82) is 0 Å². The summed E-state index contributed by atoms with van der Waals surface area (Å²) >= 11 is 0. The summed E-state index contributed by atoms with van der Waals surface area (Å²) in [5, 5.41) is 8.67. The van der Waals surface area contributed by atoms with E-state index >= 15 is 0 Å². The second kappa shape index (κ2) is 10.3. The molecule has 2 fully saturated rings. The molecule has 158 valence electrons. The molecular weight excluding hydrogens is 368 g/mol. The Bertz CT molecular complexity index is 707. The van der Waals surface area contributed by atoms with Crippen molar-refractivity contribution in [1.82, 2.24) is 15.5 Å². The highest BCUT2D eigenvalue weighted by Gasteiger charge is 2.27. The van der Waals surface area contributed by atoms with Crippen molar-refractivity contribution in [3.63, 3.8) is 0 Å². The van der Waals surface area contributed by atoms with E-state index in [1.807, 2.05) is 4.90 Å². The summed E-state index contributed by atoms with van der Waals surface area (Å²) in [7, 11) is 0. The molecule has 3 N–H and O–H groups in total. The lowest BCUT2D eigenvalue weighted by Crippen LogP contribution is -2.43. The minimum atomic E-state index is -0.207. The lowest BCUT2D eigenvalue weighted by atomic mass is 9.95. The number of piperidine rings is 1. The predicted octanol–water partition coefficient (Wildman–Crippen LogP) is 3.13. The van der Waals surface area contributed by atoms with Gasteiger partial charge in [0, 0.05) is 42.8 Å². The van der Waals surface area contributed by atoms with Crippen molar-refractivity contribution in [2.24, 2.45) is 5.92 Å². The number of nitrogens with zero attached hydrogens (tertiary/aromatic N) is 1. The van der Waals surface area contributed by atoms with Gasteiger partial charge in [-0.25, -0.2) is 4.79 Å². The second-order valence-corrected chi connectivity index (χ2v) is 8.01. The fourth-order valence-electron chi connectivity index (χ4n) is 3.53. The van der Waals surface area contributed by atoms with Crippen LogP contribution in [0.2, 0.25) is 0 Å². The van der Waals surface area contributed by atoms with Crippen molar-refractivity contribution in [3.8, 4) is 0 Å². The van der Waals surface area contributed by atoms with E-state index in [0.29, 0.717) is 43.2 Å². The zero-order valence-electron chi connectivity index (χ0n) is 17.2. The zero-order valence-corrected chi connectivity index (χ0v) is 17.2. The van der Waals surface area contributed by atoms with Crippen LogP contribution in [0.15, 0.2) is 24.3 Å². The Hall–Kier alpha value is -2.57. The maximum absolute atomic E-state index is 12.7. The highest BCUT2D eigenvalue weighted by Crippen LogP contribution is 2.21. The standard InChI is InChI=1S/C22H32N4O3/c1-2-3-4-13-23-20(27)16-11-14-26(15-12-16)21(28)17-5-7-18(8-6-17)24-22(29)25-19-9-10-19/h5-8,16,19H,2-4,9-15H2,1H3,(H,23,27)(H2,24,25,29). The van der Waals surface area contributed by atoms with Crippen molar-refractivity contribution in [2.45, 2.75) is 57.9 Å². The average molecular weight is 401 g/mol. The van der Waals surface area contributed by atoms with E-state index in [1.165, 1.54) is 0 Å². The van der Waals surface area contributed by atoms with Crippen molar-refractivity contribution in [2.75, 3.05) is 25.0 Å². The Balaban J connectivity index is 1.42. The molecule has 7 heteroatoms. The number of carbonyl (C=O) groups is 3. The molecule has 29 heavy (non-hydrogen) atoms. The maximum atomic E-state index is 12.7. The number of rotatable bonds is 8. The highest BCUT2D eigenvalue weighted by atomic mass is 16.2. The Morgan fingerprint density at radius 3 is 2.31 bits per heavy atom. The van der Waals surface area contributed by atoms with Crippen LogP contribution < -0.4 is 16.0 Å². The molecule has 1 saturated heterocycles. The SMILES string of the molecule is CCCCCNC(=O)C1CCN(C(=O)c2ccc(NC(=O)NC3CC3)cc2)CC1. The summed E-state index contributed by atoms with van der Waals surface area (Å²) in [6.45, 7) is 4.07. The minimum Gasteiger partial charge on any atom is -0.356 e. The molecule has 1 aliphatic carbocycles. The van der Waals surface area contributed by atoms with Gasteiger partial charge in [-0.3, -0.25) is 9.59 Å². The first kappa shape index (κ1) is 21.1. The zero-order chi connectivity index (χ0) is 20.6. The highest BCUT2D eigenvalue weighted by molar-refractivity contribution is 5.95. The lowest BCUT2D eigenvalue weighted by Gasteiger charge is -2.31. The fraction of sp³-hybridized carbons (Fsp3) is 0.591. The Morgan fingerprint density at radius 1 is 1.00 bits per heavy atom. The van der Waals surface area contributed by atoms with Gasteiger partial charge in [0.15, 0.2) is 0 Å². The van der Waals surface area contributed by atoms with E-state index in [-0.39, 0.29) is 23.8 Å². The molecule has 0 atom stereocenters. The van der Waals surface area contributed by atoms with Gasteiger partial charge >= 0.3 is 6.03 Å². The summed E-state index contributed by atoms with van der Waals surface area (Å²) < 4.78 is 0. The van der Waals surface area contributed by atoms with Gasteiger partial charge in [0.05, 0.1) is 0 Å². The van der Waals surface area contributed by atoms with E-state index in [4.69, 9.17) is 0 Å². The van der Waals surface area contributed by atoms with Crippen LogP contribution in [0, 0.1) is 5.92 Å². The van der Waals surface area contributed by atoms with Crippen LogP contribution in [-0.2, 0) is 4.79 Å². The van der Waals surface area contributed by atoms with Crippen LogP contribution >= 0.6 is 0 Å². The molecule has 1 aromatic carbocycles. The van der Waals surface area contributed by atoms with E-state index in [2.05, 4.69) is 22.9 Å². The van der Waals surface area contributed by atoms with Gasteiger partial charge in [-0.05, 0) is 56.4 Å². The van der Waals surface area contributed by atoms with Crippen molar-refractivity contribution in [3.05, 3.63) is 29.8 Å². The molecule has 0 bridgehead atoms. The number of unbranched alkanes of at least 4 members (excludes halogenated alkanes) is 2. The van der Waals surface area contributed by atoms with Gasteiger partial charge in [0.1, 0.15) is 0 Å². The summed E-state index contributed by atoms with van der Waals surface area (Å²) in [5.74, 6) is 0.0890. The number of carbonyl (C=O) groups excluding carboxylic acids is 3. The normalized spacial score (nSPS) is 16.9. The number of hydrogen-bond acceptors (Lipinski definition) is 3. The maximum Gasteiger partial charge on any atom is 0.319 e. The first-order valence-electron chi connectivity index (χ1n) is 10.8. The van der Waals surface area contributed by atoms with Crippen LogP contribution in [0.3, 0.4) is 0 Å². The molecule has 1 aromatic rings. The van der Waals surface area contributed by atoms with Crippen LogP contribution in [0.25, 0.3) is 0 Å². The van der Waals surface area contributed by atoms with Gasteiger partial charge in [0.2, 0.25) is 5.91 Å². The fourth-order valence-corrected chi connectivity index (χ4v) is 3.53. The largest absolute Gasteiger partial charge is 0.356 e. The molecule has 0 spiro atoms. The van der Waals surface area contributed by atoms with Crippen molar-refractivity contribution < 1.29 is 14.4 Å². The van der Waals surface area contributed by atoms with E-state index < -0.39 is 0 Å². The molecule has 1 heterocycles. The van der Waals surface area contributed by atoms with Gasteiger partial charge in [-0.15, -0.1) is 0 Å². The van der Waals surface area contributed by atoms with Crippen LogP contribution in [0.4, 0.5) is 10.5 Å². The minimum absolute atomic E-state index is 0.00256. The Labute approximate surface area is 172 Å². The molecule has 2 aliphatic rings. The third-order valence-electron chi connectivity index (χ3n) is 5.53. The average Bonchev–Trinajstić information content (AvgIpc) is 3.55. The number of urea groups is 1. The quantitative estimate of drug-likeness (QED) is 0.586. The molecule has 7 nitrogen and oxygen atoms in total. The van der Waals surface area contributed by atoms with E-state index in [9.17, 15) is 14.4 Å². The second-order valence-electron chi connectivity index (χ2n) is 8.01. The number of likely N-dealkylation sites (tertiary alicyclic amines) is 1.